The molecular formula is C13H23N3OS2. The van der Waals surface area contributed by atoms with Crippen molar-refractivity contribution in [1.29, 1.82) is 0 Å². The first kappa shape index (κ1) is 16.5. The maximum atomic E-state index is 11.7. The van der Waals surface area contributed by atoms with Crippen LogP contribution in [0.3, 0.4) is 0 Å². The zero-order valence-electron chi connectivity index (χ0n) is 12.0. The van der Waals surface area contributed by atoms with Gasteiger partial charge in [0.05, 0.1) is 5.54 Å². The molecule has 108 valence electrons. The van der Waals surface area contributed by atoms with Gasteiger partial charge in [0.2, 0.25) is 5.91 Å². The number of primary amides is 1. The van der Waals surface area contributed by atoms with Crippen LogP contribution >= 0.6 is 23.1 Å². The summed E-state index contributed by atoms with van der Waals surface area (Å²) < 4.78 is 1.05. The molecule has 19 heavy (non-hydrogen) atoms. The minimum absolute atomic E-state index is 0.285. The lowest BCUT2D eigenvalue weighted by molar-refractivity contribution is -0.124. The van der Waals surface area contributed by atoms with Gasteiger partial charge in [-0.25, -0.2) is 4.98 Å². The van der Waals surface area contributed by atoms with Gasteiger partial charge in [-0.15, -0.1) is 11.3 Å². The summed E-state index contributed by atoms with van der Waals surface area (Å²) in [7, 11) is 0. The second-order valence-corrected chi connectivity index (χ2v) is 7.55. The quantitative estimate of drug-likeness (QED) is 0.724. The van der Waals surface area contributed by atoms with Crippen molar-refractivity contribution in [3.8, 4) is 0 Å². The van der Waals surface area contributed by atoms with Gasteiger partial charge in [-0.05, 0) is 33.2 Å². The molecule has 1 rings (SSSR count). The van der Waals surface area contributed by atoms with E-state index in [0.29, 0.717) is 6.42 Å². The number of nitrogens with one attached hydrogen (secondary N) is 1. The molecule has 0 saturated carbocycles. The number of thioether (sulfide) groups is 1. The number of hydrogen-bond donors (Lipinski definition) is 2. The summed E-state index contributed by atoms with van der Waals surface area (Å²) in [5.74, 6) is -0.288. The Bertz CT molecular complexity index is 422. The van der Waals surface area contributed by atoms with Crippen molar-refractivity contribution in [1.82, 2.24) is 10.3 Å². The first-order valence-corrected chi connectivity index (χ1v) is 8.27. The van der Waals surface area contributed by atoms with E-state index in [-0.39, 0.29) is 11.2 Å². The molecule has 0 aliphatic carbocycles. The third-order valence-electron chi connectivity index (χ3n) is 2.90. The van der Waals surface area contributed by atoms with Gasteiger partial charge in [0.25, 0.3) is 0 Å². The maximum Gasteiger partial charge on any atom is 0.237 e. The minimum atomic E-state index is -0.644. The van der Waals surface area contributed by atoms with E-state index in [4.69, 9.17) is 5.73 Å². The monoisotopic (exact) mass is 301 g/mol. The Morgan fingerprint density at radius 1 is 1.68 bits per heavy atom. The molecule has 1 aromatic rings. The van der Waals surface area contributed by atoms with Crippen molar-refractivity contribution in [3.05, 3.63) is 11.1 Å². The number of carbonyl (C=O) groups is 1. The highest BCUT2D eigenvalue weighted by Gasteiger charge is 2.32. The van der Waals surface area contributed by atoms with E-state index in [0.717, 1.165) is 23.0 Å². The number of hydrogen-bond acceptors (Lipinski definition) is 5. The Hall–Kier alpha value is -0.590. The smallest absolute Gasteiger partial charge is 0.237 e. The molecule has 0 spiro atoms. The predicted octanol–water partition coefficient (Wildman–Crippen LogP) is 2.57. The summed E-state index contributed by atoms with van der Waals surface area (Å²) in [5, 5.41) is 5.59. The molecule has 0 aliphatic heterocycles. The molecule has 4 nitrogen and oxygen atoms in total. The van der Waals surface area contributed by atoms with Crippen molar-refractivity contribution in [2.24, 2.45) is 5.73 Å². The van der Waals surface area contributed by atoms with Gasteiger partial charge in [0.15, 0.2) is 0 Å². The van der Waals surface area contributed by atoms with Crippen LogP contribution in [0.4, 0.5) is 0 Å². The molecule has 0 radical (unpaired) electrons. The highest BCUT2D eigenvalue weighted by molar-refractivity contribution is 8.01. The van der Waals surface area contributed by atoms with Crippen LogP contribution in [0.2, 0.25) is 0 Å². The molecule has 0 aliphatic rings. The fraction of sp³-hybridized carbons (Fsp3) is 0.692. The van der Waals surface area contributed by atoms with Crippen LogP contribution in [-0.4, -0.2) is 28.2 Å². The fourth-order valence-electron chi connectivity index (χ4n) is 1.84. The first-order valence-electron chi connectivity index (χ1n) is 6.51. The second-order valence-electron chi connectivity index (χ2n) is 5.01. The van der Waals surface area contributed by atoms with Crippen molar-refractivity contribution in [3.63, 3.8) is 0 Å². The van der Waals surface area contributed by atoms with E-state index in [1.165, 1.54) is 0 Å². The zero-order chi connectivity index (χ0) is 14.5. The van der Waals surface area contributed by atoms with Gasteiger partial charge >= 0.3 is 0 Å². The lowest BCUT2D eigenvalue weighted by atomic mass is 9.95. The molecule has 0 saturated heterocycles. The van der Waals surface area contributed by atoms with Crippen LogP contribution < -0.4 is 11.1 Å². The van der Waals surface area contributed by atoms with Crippen LogP contribution in [0.5, 0.6) is 0 Å². The van der Waals surface area contributed by atoms with Crippen LogP contribution in [0.25, 0.3) is 0 Å². The van der Waals surface area contributed by atoms with Crippen LogP contribution in [0, 0.1) is 6.92 Å². The molecule has 0 bridgehead atoms. The fourth-order valence-corrected chi connectivity index (χ4v) is 4.17. The molecule has 3 N–H and O–H groups in total. The van der Waals surface area contributed by atoms with E-state index < -0.39 is 5.54 Å². The maximum absolute atomic E-state index is 11.7. The second kappa shape index (κ2) is 7.26. The van der Waals surface area contributed by atoms with E-state index in [1.54, 1.807) is 23.1 Å². The van der Waals surface area contributed by atoms with Gasteiger partial charge in [0, 0.05) is 16.3 Å². The minimum Gasteiger partial charge on any atom is -0.368 e. The standard InChI is InChI=1S/C13H23N3OS2/c1-5-6-15-13(4,11(14)17)7-10(3)19-12-16-9(2)8-18-12/h8,10,15H,5-7H2,1-4H3,(H2,14,17). The van der Waals surface area contributed by atoms with Gasteiger partial charge in [0.1, 0.15) is 4.34 Å². The highest BCUT2D eigenvalue weighted by atomic mass is 32.2. The Morgan fingerprint density at radius 3 is 2.84 bits per heavy atom. The van der Waals surface area contributed by atoms with E-state index in [1.807, 2.05) is 19.2 Å². The number of carbonyl (C=O) groups excluding carboxylic acids is 1. The van der Waals surface area contributed by atoms with Gasteiger partial charge in [-0.2, -0.15) is 0 Å². The number of amides is 1. The summed E-state index contributed by atoms with van der Waals surface area (Å²) in [6, 6.07) is 0. The Labute approximate surface area is 123 Å². The molecular weight excluding hydrogens is 278 g/mol. The van der Waals surface area contributed by atoms with Crippen molar-refractivity contribution in [2.75, 3.05) is 6.54 Å². The Morgan fingerprint density at radius 2 is 2.37 bits per heavy atom. The number of aromatic nitrogens is 1. The summed E-state index contributed by atoms with van der Waals surface area (Å²) in [5.41, 5.74) is 5.93. The number of nitrogens with zero attached hydrogens (tertiary/aromatic N) is 1. The molecule has 0 aromatic carbocycles. The Balaban J connectivity index is 2.60. The first-order chi connectivity index (χ1) is 8.87. The molecule has 2 unspecified atom stereocenters. The summed E-state index contributed by atoms with van der Waals surface area (Å²) >= 11 is 3.35. The number of rotatable bonds is 8. The van der Waals surface area contributed by atoms with Crippen LogP contribution in [0.1, 0.15) is 39.3 Å². The largest absolute Gasteiger partial charge is 0.368 e. The molecule has 1 aromatic heterocycles. The molecule has 6 heteroatoms. The molecule has 1 amide bonds. The lowest BCUT2D eigenvalue weighted by Gasteiger charge is -2.29. The average Bonchev–Trinajstić information content (AvgIpc) is 2.71. The Kier molecular flexibility index (Phi) is 6.29. The third-order valence-corrected chi connectivity index (χ3v) is 5.10. The number of aryl methyl sites for hydroxylation is 1. The van der Waals surface area contributed by atoms with Crippen molar-refractivity contribution >= 4 is 29.0 Å². The van der Waals surface area contributed by atoms with Crippen LogP contribution in [-0.2, 0) is 4.79 Å². The average molecular weight is 301 g/mol. The SMILES string of the molecule is CCCNC(C)(CC(C)Sc1nc(C)cs1)C(N)=O. The van der Waals surface area contributed by atoms with Crippen molar-refractivity contribution in [2.45, 2.75) is 55.7 Å². The normalized spacial score (nSPS) is 16.0. The highest BCUT2D eigenvalue weighted by Crippen LogP contribution is 2.30. The van der Waals surface area contributed by atoms with Crippen LogP contribution in [0.15, 0.2) is 9.72 Å². The van der Waals surface area contributed by atoms with Gasteiger partial charge < -0.3 is 11.1 Å². The summed E-state index contributed by atoms with van der Waals surface area (Å²) in [6.45, 7) is 8.85. The van der Waals surface area contributed by atoms with Gasteiger partial charge in [-0.3, -0.25) is 4.79 Å². The summed E-state index contributed by atoms with van der Waals surface area (Å²) in [6.07, 6.45) is 1.68. The third kappa shape index (κ3) is 5.12. The molecule has 1 heterocycles. The number of nitrogens with two attached hydrogens (primary N) is 1. The van der Waals surface area contributed by atoms with E-state index >= 15 is 0 Å². The molecule has 0 fully saturated rings. The summed E-state index contributed by atoms with van der Waals surface area (Å²) in [4.78, 5) is 16.1. The zero-order valence-corrected chi connectivity index (χ0v) is 13.7. The predicted molar refractivity (Wildman–Crippen MR) is 82.7 cm³/mol. The number of thiazole rings is 1. The molecule has 2 atom stereocenters. The van der Waals surface area contributed by atoms with E-state index in [2.05, 4.69) is 24.1 Å². The van der Waals surface area contributed by atoms with Gasteiger partial charge in [-0.1, -0.05) is 25.6 Å². The lowest BCUT2D eigenvalue weighted by Crippen LogP contribution is -2.54. The van der Waals surface area contributed by atoms with Crippen molar-refractivity contribution < 1.29 is 4.79 Å². The van der Waals surface area contributed by atoms with E-state index in [9.17, 15) is 4.79 Å². The topological polar surface area (TPSA) is 68.0 Å².